The zero-order valence-electron chi connectivity index (χ0n) is 11.1. The third-order valence-electron chi connectivity index (χ3n) is 2.39. The fraction of sp³-hybridized carbons (Fsp3) is 0.615. The molecule has 4 heteroatoms. The zero-order chi connectivity index (χ0) is 13.0. The first-order valence-electron chi connectivity index (χ1n) is 6.05. The van der Waals surface area contributed by atoms with Crippen molar-refractivity contribution >= 4 is 23.0 Å². The van der Waals surface area contributed by atoms with Gasteiger partial charge < -0.3 is 10.6 Å². The third kappa shape index (κ3) is 4.08. The fourth-order valence-corrected chi connectivity index (χ4v) is 2.20. The number of anilines is 2. The highest BCUT2D eigenvalue weighted by Crippen LogP contribution is 2.31. The molecule has 0 radical (unpaired) electrons. The van der Waals surface area contributed by atoms with E-state index in [1.54, 1.807) is 12.4 Å². The quantitative estimate of drug-likeness (QED) is 0.877. The van der Waals surface area contributed by atoms with Gasteiger partial charge in [0.1, 0.15) is 0 Å². The summed E-state index contributed by atoms with van der Waals surface area (Å²) in [6, 6.07) is 0. The van der Waals surface area contributed by atoms with Crippen molar-refractivity contribution in [3.05, 3.63) is 17.4 Å². The van der Waals surface area contributed by atoms with E-state index in [2.05, 4.69) is 37.6 Å². The summed E-state index contributed by atoms with van der Waals surface area (Å²) in [5.41, 5.74) is 7.56. The molecule has 0 spiro atoms. The Bertz CT molecular complexity index is 333. The maximum absolute atomic E-state index is 6.21. The highest BCUT2D eigenvalue weighted by Gasteiger charge is 2.16. The van der Waals surface area contributed by atoms with E-state index in [0.717, 1.165) is 18.8 Å². The summed E-state index contributed by atoms with van der Waals surface area (Å²) >= 11 is 6.21. The van der Waals surface area contributed by atoms with Crippen LogP contribution in [0.5, 0.6) is 0 Å². The van der Waals surface area contributed by atoms with Crippen molar-refractivity contribution in [1.82, 2.24) is 4.98 Å². The van der Waals surface area contributed by atoms with Crippen LogP contribution in [0.25, 0.3) is 0 Å². The van der Waals surface area contributed by atoms with Crippen molar-refractivity contribution in [3.63, 3.8) is 0 Å². The Kier molecular flexibility index (Phi) is 5.06. The van der Waals surface area contributed by atoms with E-state index in [0.29, 0.717) is 22.5 Å². The standard InChI is InChI=1S/C13H22ClN3/c1-9(2)7-17(8-10(3)4)13-11(14)5-16-6-12(13)15/h5-6,9-10H,7-8,15H2,1-4H3. The average molecular weight is 256 g/mol. The molecule has 1 heterocycles. The van der Waals surface area contributed by atoms with Gasteiger partial charge in [0.15, 0.2) is 0 Å². The van der Waals surface area contributed by atoms with E-state index in [1.165, 1.54) is 0 Å². The molecule has 2 N–H and O–H groups in total. The molecule has 0 aliphatic rings. The van der Waals surface area contributed by atoms with Crippen LogP contribution in [0.15, 0.2) is 12.4 Å². The Morgan fingerprint density at radius 2 is 1.71 bits per heavy atom. The van der Waals surface area contributed by atoms with Crippen LogP contribution in [0.1, 0.15) is 27.7 Å². The molecule has 0 aromatic carbocycles. The fourth-order valence-electron chi connectivity index (χ4n) is 1.92. The normalized spacial score (nSPS) is 11.2. The lowest BCUT2D eigenvalue weighted by Gasteiger charge is -2.30. The summed E-state index contributed by atoms with van der Waals surface area (Å²) in [4.78, 5) is 6.26. The van der Waals surface area contributed by atoms with Crippen molar-refractivity contribution in [1.29, 1.82) is 0 Å². The summed E-state index contributed by atoms with van der Waals surface area (Å²) in [5, 5.41) is 0.631. The first-order chi connectivity index (χ1) is 7.91. The minimum atomic E-state index is 0.567. The van der Waals surface area contributed by atoms with Gasteiger partial charge in [0.2, 0.25) is 0 Å². The highest BCUT2D eigenvalue weighted by atomic mass is 35.5. The Hall–Kier alpha value is -0.960. The molecule has 0 saturated heterocycles. The summed E-state index contributed by atoms with van der Waals surface area (Å²) < 4.78 is 0. The maximum atomic E-state index is 6.21. The molecule has 1 aromatic rings. The monoisotopic (exact) mass is 255 g/mol. The van der Waals surface area contributed by atoms with Crippen molar-refractivity contribution in [2.45, 2.75) is 27.7 Å². The second-order valence-electron chi connectivity index (χ2n) is 5.25. The molecular weight excluding hydrogens is 234 g/mol. The van der Waals surface area contributed by atoms with Crippen LogP contribution in [-0.4, -0.2) is 18.1 Å². The zero-order valence-corrected chi connectivity index (χ0v) is 11.8. The van der Waals surface area contributed by atoms with E-state index >= 15 is 0 Å². The van der Waals surface area contributed by atoms with E-state index in [1.807, 2.05) is 0 Å². The summed E-state index contributed by atoms with van der Waals surface area (Å²) in [6.07, 6.45) is 3.32. The second-order valence-corrected chi connectivity index (χ2v) is 5.66. The topological polar surface area (TPSA) is 42.1 Å². The molecule has 3 nitrogen and oxygen atoms in total. The Morgan fingerprint density at radius 1 is 1.18 bits per heavy atom. The number of hydrogen-bond donors (Lipinski definition) is 1. The van der Waals surface area contributed by atoms with Gasteiger partial charge in [0.25, 0.3) is 0 Å². The Labute approximate surface area is 109 Å². The van der Waals surface area contributed by atoms with Crippen LogP contribution >= 0.6 is 11.6 Å². The number of halogens is 1. The lowest BCUT2D eigenvalue weighted by atomic mass is 10.1. The van der Waals surface area contributed by atoms with E-state index in [4.69, 9.17) is 17.3 Å². The van der Waals surface area contributed by atoms with Crippen LogP contribution in [0.4, 0.5) is 11.4 Å². The minimum absolute atomic E-state index is 0.567. The highest BCUT2D eigenvalue weighted by molar-refractivity contribution is 6.33. The Balaban J connectivity index is 3.03. The average Bonchev–Trinajstić information content (AvgIpc) is 2.14. The summed E-state index contributed by atoms with van der Waals surface area (Å²) in [6.45, 7) is 10.7. The van der Waals surface area contributed by atoms with Gasteiger partial charge in [0.05, 0.1) is 22.6 Å². The molecule has 1 rings (SSSR count). The van der Waals surface area contributed by atoms with Crippen LogP contribution in [0.2, 0.25) is 5.02 Å². The molecule has 0 aliphatic carbocycles. The molecule has 0 bridgehead atoms. The number of nitrogens with two attached hydrogens (primary N) is 1. The van der Waals surface area contributed by atoms with Crippen LogP contribution in [0, 0.1) is 11.8 Å². The predicted molar refractivity (Wildman–Crippen MR) is 75.5 cm³/mol. The number of pyridine rings is 1. The molecule has 0 fully saturated rings. The number of aromatic nitrogens is 1. The molecule has 17 heavy (non-hydrogen) atoms. The lowest BCUT2D eigenvalue weighted by Crippen LogP contribution is -2.32. The van der Waals surface area contributed by atoms with E-state index in [9.17, 15) is 0 Å². The molecule has 0 unspecified atom stereocenters. The molecule has 1 aromatic heterocycles. The molecule has 0 saturated carbocycles. The summed E-state index contributed by atoms with van der Waals surface area (Å²) in [5.74, 6) is 1.13. The number of nitrogen functional groups attached to an aromatic ring is 1. The largest absolute Gasteiger partial charge is 0.396 e. The van der Waals surface area contributed by atoms with E-state index in [-0.39, 0.29) is 0 Å². The predicted octanol–water partition coefficient (Wildman–Crippen LogP) is 3.44. The van der Waals surface area contributed by atoms with Gasteiger partial charge in [-0.25, -0.2) is 0 Å². The third-order valence-corrected chi connectivity index (χ3v) is 2.67. The lowest BCUT2D eigenvalue weighted by molar-refractivity contribution is 0.553. The van der Waals surface area contributed by atoms with Crippen molar-refractivity contribution in [3.8, 4) is 0 Å². The van der Waals surface area contributed by atoms with Crippen LogP contribution in [0.3, 0.4) is 0 Å². The van der Waals surface area contributed by atoms with Gasteiger partial charge in [-0.2, -0.15) is 0 Å². The molecule has 96 valence electrons. The minimum Gasteiger partial charge on any atom is -0.396 e. The molecule has 0 aliphatic heterocycles. The second kappa shape index (κ2) is 6.10. The molecule has 0 atom stereocenters. The molecular formula is C13H22ClN3. The first-order valence-corrected chi connectivity index (χ1v) is 6.43. The van der Waals surface area contributed by atoms with Gasteiger partial charge in [-0.15, -0.1) is 0 Å². The van der Waals surface area contributed by atoms with E-state index < -0.39 is 0 Å². The van der Waals surface area contributed by atoms with Crippen LogP contribution in [-0.2, 0) is 0 Å². The van der Waals surface area contributed by atoms with Gasteiger partial charge >= 0.3 is 0 Å². The van der Waals surface area contributed by atoms with Crippen LogP contribution < -0.4 is 10.6 Å². The van der Waals surface area contributed by atoms with Gasteiger partial charge in [-0.05, 0) is 11.8 Å². The van der Waals surface area contributed by atoms with Crippen molar-refractivity contribution in [2.24, 2.45) is 11.8 Å². The SMILES string of the molecule is CC(C)CN(CC(C)C)c1c(N)cncc1Cl. The van der Waals surface area contributed by atoms with Gasteiger partial charge in [-0.1, -0.05) is 39.3 Å². The first kappa shape index (κ1) is 14.1. The smallest absolute Gasteiger partial charge is 0.0843 e. The number of rotatable bonds is 5. The maximum Gasteiger partial charge on any atom is 0.0843 e. The number of nitrogens with zero attached hydrogens (tertiary/aromatic N) is 2. The van der Waals surface area contributed by atoms with Gasteiger partial charge in [-0.3, -0.25) is 4.98 Å². The van der Waals surface area contributed by atoms with Crippen molar-refractivity contribution in [2.75, 3.05) is 23.7 Å². The van der Waals surface area contributed by atoms with Gasteiger partial charge in [0, 0.05) is 19.3 Å². The molecule has 0 amide bonds. The van der Waals surface area contributed by atoms with Crippen molar-refractivity contribution < 1.29 is 0 Å². The summed E-state index contributed by atoms with van der Waals surface area (Å²) in [7, 11) is 0. The Morgan fingerprint density at radius 3 is 2.12 bits per heavy atom. The number of hydrogen-bond acceptors (Lipinski definition) is 3.